The summed E-state index contributed by atoms with van der Waals surface area (Å²) >= 11 is 5.21. The molecule has 1 aromatic heterocycles. The van der Waals surface area contributed by atoms with Crippen molar-refractivity contribution in [1.29, 1.82) is 0 Å². The first-order valence-corrected chi connectivity index (χ1v) is 7.30. The summed E-state index contributed by atoms with van der Waals surface area (Å²) < 4.78 is 0. The van der Waals surface area contributed by atoms with Crippen molar-refractivity contribution in [2.75, 3.05) is 11.1 Å². The van der Waals surface area contributed by atoms with Gasteiger partial charge in [0.05, 0.1) is 0 Å². The second-order valence-corrected chi connectivity index (χ2v) is 5.62. The van der Waals surface area contributed by atoms with Gasteiger partial charge in [0.2, 0.25) is 0 Å². The van der Waals surface area contributed by atoms with E-state index in [4.69, 9.17) is 0 Å². The zero-order valence-electron chi connectivity index (χ0n) is 9.24. The Hall–Kier alpha value is -0.0900. The molecule has 1 aromatic rings. The van der Waals surface area contributed by atoms with E-state index in [0.717, 1.165) is 27.7 Å². The SMILES string of the molecule is Cc1cnc(SCCC(C)CCBr)nc1. The molecule has 0 radical (unpaired) electrons. The smallest absolute Gasteiger partial charge is 0.187 e. The highest BCUT2D eigenvalue weighted by atomic mass is 79.9. The van der Waals surface area contributed by atoms with E-state index in [0.29, 0.717) is 0 Å². The summed E-state index contributed by atoms with van der Waals surface area (Å²) in [5.41, 5.74) is 1.12. The molecule has 0 saturated carbocycles. The number of rotatable bonds is 6. The second-order valence-electron chi connectivity index (χ2n) is 3.76. The van der Waals surface area contributed by atoms with Crippen molar-refractivity contribution >= 4 is 27.7 Å². The molecule has 0 aromatic carbocycles. The van der Waals surface area contributed by atoms with Gasteiger partial charge in [-0.25, -0.2) is 9.97 Å². The maximum Gasteiger partial charge on any atom is 0.187 e. The van der Waals surface area contributed by atoms with Crippen molar-refractivity contribution in [2.45, 2.75) is 31.8 Å². The van der Waals surface area contributed by atoms with E-state index >= 15 is 0 Å². The minimum Gasteiger partial charge on any atom is -0.231 e. The predicted octanol–water partition coefficient (Wildman–Crippen LogP) is 3.69. The van der Waals surface area contributed by atoms with Crippen LogP contribution < -0.4 is 0 Å². The lowest BCUT2D eigenvalue weighted by molar-refractivity contribution is 0.555. The fraction of sp³-hybridized carbons (Fsp3) is 0.636. The highest BCUT2D eigenvalue weighted by Gasteiger charge is 2.02. The van der Waals surface area contributed by atoms with Crippen LogP contribution in [0.4, 0.5) is 0 Å². The number of alkyl halides is 1. The van der Waals surface area contributed by atoms with Crippen molar-refractivity contribution in [2.24, 2.45) is 5.92 Å². The van der Waals surface area contributed by atoms with Gasteiger partial charge in [-0.3, -0.25) is 0 Å². The molecule has 0 spiro atoms. The highest BCUT2D eigenvalue weighted by molar-refractivity contribution is 9.09. The fourth-order valence-corrected chi connectivity index (χ4v) is 2.88. The largest absolute Gasteiger partial charge is 0.231 e. The van der Waals surface area contributed by atoms with Crippen molar-refractivity contribution in [3.63, 3.8) is 0 Å². The van der Waals surface area contributed by atoms with Gasteiger partial charge in [0.15, 0.2) is 5.16 Å². The van der Waals surface area contributed by atoms with Crippen molar-refractivity contribution in [1.82, 2.24) is 9.97 Å². The first-order valence-electron chi connectivity index (χ1n) is 5.19. The summed E-state index contributed by atoms with van der Waals surface area (Å²) in [5.74, 6) is 1.89. The van der Waals surface area contributed by atoms with Gasteiger partial charge in [-0.1, -0.05) is 34.6 Å². The molecule has 1 rings (SSSR count). The van der Waals surface area contributed by atoms with Gasteiger partial charge >= 0.3 is 0 Å². The van der Waals surface area contributed by atoms with Crippen molar-refractivity contribution in [3.8, 4) is 0 Å². The molecule has 4 heteroatoms. The third-order valence-electron chi connectivity index (χ3n) is 2.20. The molecule has 0 aliphatic heterocycles. The van der Waals surface area contributed by atoms with E-state index in [1.807, 2.05) is 19.3 Å². The Morgan fingerprint density at radius 2 is 2.00 bits per heavy atom. The molecule has 0 aliphatic rings. The quantitative estimate of drug-likeness (QED) is 0.454. The van der Waals surface area contributed by atoms with Gasteiger partial charge in [0.1, 0.15) is 0 Å². The van der Waals surface area contributed by atoms with Crippen LogP contribution in [0.15, 0.2) is 17.6 Å². The van der Waals surface area contributed by atoms with Crippen LogP contribution in [0.3, 0.4) is 0 Å². The number of nitrogens with zero attached hydrogens (tertiary/aromatic N) is 2. The molecule has 2 nitrogen and oxygen atoms in total. The zero-order valence-corrected chi connectivity index (χ0v) is 11.6. The lowest BCUT2D eigenvalue weighted by atomic mass is 10.1. The van der Waals surface area contributed by atoms with Gasteiger partial charge in [0, 0.05) is 23.5 Å². The van der Waals surface area contributed by atoms with Crippen LogP contribution in [0.1, 0.15) is 25.3 Å². The van der Waals surface area contributed by atoms with E-state index in [1.165, 1.54) is 12.8 Å². The third-order valence-corrected chi connectivity index (χ3v) is 3.57. The van der Waals surface area contributed by atoms with E-state index in [-0.39, 0.29) is 0 Å². The van der Waals surface area contributed by atoms with Crippen LogP contribution in [0.5, 0.6) is 0 Å². The number of aryl methyl sites for hydroxylation is 1. The van der Waals surface area contributed by atoms with Crippen LogP contribution in [0.25, 0.3) is 0 Å². The van der Waals surface area contributed by atoms with Crippen LogP contribution in [0.2, 0.25) is 0 Å². The Labute approximate surface area is 104 Å². The summed E-state index contributed by atoms with van der Waals surface area (Å²) in [7, 11) is 0. The van der Waals surface area contributed by atoms with Gasteiger partial charge in [-0.15, -0.1) is 0 Å². The summed E-state index contributed by atoms with van der Waals surface area (Å²) in [4.78, 5) is 8.53. The molecule has 0 bridgehead atoms. The molecule has 0 N–H and O–H groups in total. The minimum atomic E-state index is 0.780. The molecule has 0 saturated heterocycles. The topological polar surface area (TPSA) is 25.8 Å². The van der Waals surface area contributed by atoms with E-state index in [1.54, 1.807) is 11.8 Å². The van der Waals surface area contributed by atoms with Crippen LogP contribution in [-0.4, -0.2) is 21.1 Å². The maximum absolute atomic E-state index is 4.26. The minimum absolute atomic E-state index is 0.780. The van der Waals surface area contributed by atoms with Gasteiger partial charge in [0.25, 0.3) is 0 Å². The Morgan fingerprint density at radius 1 is 1.33 bits per heavy atom. The predicted molar refractivity (Wildman–Crippen MR) is 69.7 cm³/mol. The Kier molecular flexibility index (Phi) is 6.25. The summed E-state index contributed by atoms with van der Waals surface area (Å²) in [6, 6.07) is 0. The van der Waals surface area contributed by atoms with Crippen LogP contribution in [0, 0.1) is 12.8 Å². The van der Waals surface area contributed by atoms with Crippen molar-refractivity contribution in [3.05, 3.63) is 18.0 Å². The van der Waals surface area contributed by atoms with Gasteiger partial charge < -0.3 is 0 Å². The number of aromatic nitrogens is 2. The molecular weight excluding hydrogens is 272 g/mol. The summed E-state index contributed by atoms with van der Waals surface area (Å²) in [6.45, 7) is 4.30. The van der Waals surface area contributed by atoms with Crippen LogP contribution in [-0.2, 0) is 0 Å². The lowest BCUT2D eigenvalue weighted by Gasteiger charge is -2.07. The number of thioether (sulfide) groups is 1. The maximum atomic E-state index is 4.26. The number of halogens is 1. The normalized spacial score (nSPS) is 12.7. The molecule has 0 aliphatic carbocycles. The molecule has 0 amide bonds. The summed E-state index contributed by atoms with van der Waals surface area (Å²) in [5, 5.41) is 1.99. The molecule has 1 heterocycles. The molecule has 15 heavy (non-hydrogen) atoms. The molecule has 1 unspecified atom stereocenters. The highest BCUT2D eigenvalue weighted by Crippen LogP contribution is 2.18. The lowest BCUT2D eigenvalue weighted by Crippen LogP contribution is -1.97. The second kappa shape index (κ2) is 7.23. The third kappa shape index (κ3) is 5.52. The fourth-order valence-electron chi connectivity index (χ4n) is 1.14. The van der Waals surface area contributed by atoms with E-state index in [2.05, 4.69) is 32.8 Å². The van der Waals surface area contributed by atoms with Gasteiger partial charge in [-0.2, -0.15) is 0 Å². The Balaban J connectivity index is 2.22. The Bertz CT molecular complexity index is 276. The summed E-state index contributed by atoms with van der Waals surface area (Å²) in [6.07, 6.45) is 6.22. The van der Waals surface area contributed by atoms with Gasteiger partial charge in [-0.05, 0) is 31.2 Å². The molecule has 1 atom stereocenters. The Morgan fingerprint density at radius 3 is 2.60 bits per heavy atom. The van der Waals surface area contributed by atoms with Crippen LogP contribution >= 0.6 is 27.7 Å². The standard InChI is InChI=1S/C11H17BrN2S/c1-9(3-5-12)4-6-15-11-13-7-10(2)8-14-11/h7-9H,3-6H2,1-2H3. The first kappa shape index (κ1) is 13.0. The number of hydrogen-bond donors (Lipinski definition) is 0. The molecular formula is C11H17BrN2S. The molecule has 84 valence electrons. The number of hydrogen-bond acceptors (Lipinski definition) is 3. The van der Waals surface area contributed by atoms with E-state index < -0.39 is 0 Å². The average molecular weight is 289 g/mol. The average Bonchev–Trinajstić information content (AvgIpc) is 2.21. The first-order chi connectivity index (χ1) is 7.22. The zero-order chi connectivity index (χ0) is 11.1. The van der Waals surface area contributed by atoms with E-state index in [9.17, 15) is 0 Å². The molecule has 0 fully saturated rings. The monoisotopic (exact) mass is 288 g/mol. The van der Waals surface area contributed by atoms with Crippen molar-refractivity contribution < 1.29 is 0 Å².